The lowest BCUT2D eigenvalue weighted by Crippen LogP contribution is -2.67. The molecule has 1 aromatic rings. The van der Waals surface area contributed by atoms with Crippen LogP contribution in [0, 0.1) is 0 Å². The Balaban J connectivity index is 2.08. The number of alkyl halides is 2. The molecule has 1 aliphatic rings. The van der Waals surface area contributed by atoms with Crippen molar-refractivity contribution in [3.05, 3.63) is 24.3 Å². The average Bonchev–Trinajstić information content (AvgIpc) is 2.36. The van der Waals surface area contributed by atoms with Gasteiger partial charge in [-0.15, -0.1) is 0 Å². The van der Waals surface area contributed by atoms with Gasteiger partial charge in [0, 0.05) is 18.8 Å². The quantitative estimate of drug-likeness (QED) is 0.904. The highest BCUT2D eigenvalue weighted by Crippen LogP contribution is 2.30. The van der Waals surface area contributed by atoms with Crippen LogP contribution in [-0.4, -0.2) is 32.8 Å². The van der Waals surface area contributed by atoms with Gasteiger partial charge in [-0.25, -0.2) is 8.42 Å². The van der Waals surface area contributed by atoms with E-state index in [2.05, 4.69) is 6.92 Å². The summed E-state index contributed by atoms with van der Waals surface area (Å²) in [6.07, 6.45) is 1.94. The highest BCUT2D eigenvalue weighted by molar-refractivity contribution is 7.91. The maximum absolute atomic E-state index is 12.4. The number of anilines is 1. The van der Waals surface area contributed by atoms with E-state index in [0.29, 0.717) is 13.1 Å². The number of sulfone groups is 1. The SMILES string of the molecule is CCCC1(N)CN(c2ccc(S(=O)(=O)C(F)F)cc2)C1. The summed E-state index contributed by atoms with van der Waals surface area (Å²) >= 11 is 0. The minimum absolute atomic E-state index is 0.192. The van der Waals surface area contributed by atoms with E-state index in [-0.39, 0.29) is 10.4 Å². The van der Waals surface area contributed by atoms with Crippen molar-refractivity contribution in [2.24, 2.45) is 5.73 Å². The van der Waals surface area contributed by atoms with E-state index in [4.69, 9.17) is 5.73 Å². The Morgan fingerprint density at radius 2 is 1.85 bits per heavy atom. The number of benzene rings is 1. The summed E-state index contributed by atoms with van der Waals surface area (Å²) in [6, 6.07) is 5.52. The molecule has 20 heavy (non-hydrogen) atoms. The molecule has 0 aliphatic carbocycles. The summed E-state index contributed by atoms with van der Waals surface area (Å²) < 4.78 is 47.4. The van der Waals surface area contributed by atoms with Gasteiger partial charge in [0.25, 0.3) is 0 Å². The minimum atomic E-state index is -4.52. The van der Waals surface area contributed by atoms with Crippen molar-refractivity contribution in [1.29, 1.82) is 0 Å². The van der Waals surface area contributed by atoms with Crippen molar-refractivity contribution in [2.45, 2.75) is 36.0 Å². The van der Waals surface area contributed by atoms with Crippen LogP contribution in [0.5, 0.6) is 0 Å². The van der Waals surface area contributed by atoms with Crippen molar-refractivity contribution < 1.29 is 17.2 Å². The standard InChI is InChI=1S/C13H18F2N2O2S/c1-2-7-13(16)8-17(9-13)10-3-5-11(6-4-10)20(18,19)12(14)15/h3-6,12H,2,7-9,16H2,1H3. The molecule has 112 valence electrons. The van der Waals surface area contributed by atoms with Gasteiger partial charge in [0.2, 0.25) is 9.84 Å². The van der Waals surface area contributed by atoms with Gasteiger partial charge < -0.3 is 10.6 Å². The Morgan fingerprint density at radius 3 is 2.30 bits per heavy atom. The van der Waals surface area contributed by atoms with Crippen molar-refractivity contribution in [3.8, 4) is 0 Å². The molecule has 0 radical (unpaired) electrons. The second-order valence-corrected chi connectivity index (χ2v) is 7.19. The molecule has 0 amide bonds. The maximum Gasteiger partial charge on any atom is 0.341 e. The van der Waals surface area contributed by atoms with Gasteiger partial charge in [-0.05, 0) is 30.7 Å². The fraction of sp³-hybridized carbons (Fsp3) is 0.538. The summed E-state index contributed by atoms with van der Waals surface area (Å²) in [5, 5.41) is 0. The molecule has 1 aliphatic heterocycles. The van der Waals surface area contributed by atoms with Crippen LogP contribution >= 0.6 is 0 Å². The molecule has 2 N–H and O–H groups in total. The molecule has 0 atom stereocenters. The summed E-state index contributed by atoms with van der Waals surface area (Å²) in [7, 11) is -4.52. The van der Waals surface area contributed by atoms with Gasteiger partial charge in [-0.3, -0.25) is 0 Å². The van der Waals surface area contributed by atoms with Crippen molar-refractivity contribution in [1.82, 2.24) is 0 Å². The van der Waals surface area contributed by atoms with E-state index in [1.807, 2.05) is 4.90 Å². The third-order valence-electron chi connectivity index (χ3n) is 3.52. The normalized spacial score (nSPS) is 18.1. The summed E-state index contributed by atoms with van der Waals surface area (Å²) in [5.41, 5.74) is 6.75. The second-order valence-electron chi connectivity index (χ2n) is 5.27. The van der Waals surface area contributed by atoms with Gasteiger partial charge in [-0.2, -0.15) is 8.78 Å². The summed E-state index contributed by atoms with van der Waals surface area (Å²) in [6.45, 7) is 3.46. The second kappa shape index (κ2) is 5.29. The van der Waals surface area contributed by atoms with Crippen LogP contribution in [0.15, 0.2) is 29.2 Å². The van der Waals surface area contributed by atoms with Crippen LogP contribution in [0.1, 0.15) is 19.8 Å². The Bertz CT molecular complexity index is 567. The zero-order chi connectivity index (χ0) is 15.0. The lowest BCUT2D eigenvalue weighted by atomic mass is 9.86. The first-order valence-corrected chi connectivity index (χ1v) is 7.99. The van der Waals surface area contributed by atoms with Gasteiger partial charge >= 0.3 is 5.76 Å². The number of rotatable bonds is 5. The fourth-order valence-corrected chi connectivity index (χ4v) is 3.22. The Morgan fingerprint density at radius 1 is 1.30 bits per heavy atom. The topological polar surface area (TPSA) is 63.4 Å². The number of hydrogen-bond acceptors (Lipinski definition) is 4. The zero-order valence-electron chi connectivity index (χ0n) is 11.2. The summed E-state index contributed by atoms with van der Waals surface area (Å²) in [5.74, 6) is -3.39. The van der Waals surface area contributed by atoms with E-state index in [9.17, 15) is 17.2 Å². The molecule has 1 heterocycles. The number of nitrogens with zero attached hydrogens (tertiary/aromatic N) is 1. The molecule has 1 saturated heterocycles. The first kappa shape index (κ1) is 15.2. The fourth-order valence-electron chi connectivity index (χ4n) is 2.50. The van der Waals surface area contributed by atoms with E-state index in [1.54, 1.807) is 12.1 Å². The number of hydrogen-bond donors (Lipinski definition) is 1. The van der Waals surface area contributed by atoms with Crippen LogP contribution in [0.4, 0.5) is 14.5 Å². The first-order chi connectivity index (χ1) is 9.28. The van der Waals surface area contributed by atoms with Crippen LogP contribution < -0.4 is 10.6 Å². The summed E-state index contributed by atoms with van der Waals surface area (Å²) in [4.78, 5) is 1.65. The highest BCUT2D eigenvalue weighted by atomic mass is 32.2. The minimum Gasteiger partial charge on any atom is -0.368 e. The van der Waals surface area contributed by atoms with Gasteiger partial charge in [-0.1, -0.05) is 13.3 Å². The van der Waals surface area contributed by atoms with Crippen molar-refractivity contribution >= 4 is 15.5 Å². The van der Waals surface area contributed by atoms with Gasteiger partial charge in [0.1, 0.15) is 0 Å². The highest BCUT2D eigenvalue weighted by Gasteiger charge is 2.38. The molecule has 0 aromatic heterocycles. The van der Waals surface area contributed by atoms with Crippen molar-refractivity contribution in [3.63, 3.8) is 0 Å². The molecule has 1 fully saturated rings. The first-order valence-electron chi connectivity index (χ1n) is 6.44. The Hall–Kier alpha value is -1.21. The average molecular weight is 304 g/mol. The monoisotopic (exact) mass is 304 g/mol. The van der Waals surface area contributed by atoms with E-state index < -0.39 is 15.6 Å². The van der Waals surface area contributed by atoms with E-state index >= 15 is 0 Å². The molecule has 2 rings (SSSR count). The Labute approximate surface area is 117 Å². The number of nitrogens with two attached hydrogens (primary N) is 1. The van der Waals surface area contributed by atoms with E-state index in [1.165, 1.54) is 12.1 Å². The van der Waals surface area contributed by atoms with Crippen LogP contribution in [0.2, 0.25) is 0 Å². The van der Waals surface area contributed by atoms with Crippen LogP contribution in [0.25, 0.3) is 0 Å². The molecule has 4 nitrogen and oxygen atoms in total. The van der Waals surface area contributed by atoms with E-state index in [0.717, 1.165) is 18.5 Å². The number of halogens is 2. The third-order valence-corrected chi connectivity index (χ3v) is 4.92. The zero-order valence-corrected chi connectivity index (χ0v) is 12.0. The van der Waals surface area contributed by atoms with Gasteiger partial charge in [0.15, 0.2) is 0 Å². The smallest absolute Gasteiger partial charge is 0.341 e. The molecule has 1 aromatic carbocycles. The van der Waals surface area contributed by atoms with Crippen molar-refractivity contribution in [2.75, 3.05) is 18.0 Å². The third kappa shape index (κ3) is 2.78. The van der Waals surface area contributed by atoms with Crippen LogP contribution in [-0.2, 0) is 9.84 Å². The molecule has 0 saturated carbocycles. The molecular formula is C13H18F2N2O2S. The molecule has 0 bridgehead atoms. The lowest BCUT2D eigenvalue weighted by molar-refractivity contribution is 0.234. The maximum atomic E-state index is 12.4. The van der Waals surface area contributed by atoms with Gasteiger partial charge in [0.05, 0.1) is 10.4 Å². The lowest BCUT2D eigenvalue weighted by Gasteiger charge is -2.49. The Kier molecular flexibility index (Phi) is 4.02. The molecule has 7 heteroatoms. The largest absolute Gasteiger partial charge is 0.368 e. The molecule has 0 spiro atoms. The molecular weight excluding hydrogens is 286 g/mol. The molecule has 0 unspecified atom stereocenters. The van der Waals surface area contributed by atoms with Crippen LogP contribution in [0.3, 0.4) is 0 Å². The predicted octanol–water partition coefficient (Wildman–Crippen LogP) is 2.00. The predicted molar refractivity (Wildman–Crippen MR) is 73.7 cm³/mol.